The van der Waals surface area contributed by atoms with E-state index in [0.29, 0.717) is 0 Å². The minimum Gasteiger partial charge on any atom is -0.497 e. The Morgan fingerprint density at radius 2 is 1.64 bits per heavy atom. The van der Waals surface area contributed by atoms with Gasteiger partial charge >= 0.3 is 0 Å². The average molecular weight is 456 g/mol. The number of nitrogens with one attached hydrogen (secondary N) is 1. The van der Waals surface area contributed by atoms with Crippen molar-refractivity contribution in [1.29, 1.82) is 0 Å². The highest BCUT2D eigenvalue weighted by atomic mass is 32.1. The number of fused-ring (bicyclic) bond motifs is 1. The van der Waals surface area contributed by atoms with E-state index in [9.17, 15) is 0 Å². The Bertz CT molecular complexity index is 1360. The summed E-state index contributed by atoms with van der Waals surface area (Å²) in [6.07, 6.45) is 2.16. The molecule has 2 aromatic heterocycles. The van der Waals surface area contributed by atoms with Gasteiger partial charge in [0.15, 0.2) is 5.13 Å². The van der Waals surface area contributed by atoms with Crippen LogP contribution in [0.15, 0.2) is 84.4 Å². The molecule has 0 aliphatic rings. The molecule has 0 radical (unpaired) electrons. The highest BCUT2D eigenvalue weighted by Crippen LogP contribution is 2.40. The van der Waals surface area contributed by atoms with E-state index in [4.69, 9.17) is 14.5 Å². The maximum Gasteiger partial charge on any atom is 0.183 e. The molecule has 5 aromatic rings. The second kappa shape index (κ2) is 9.38. The summed E-state index contributed by atoms with van der Waals surface area (Å²) in [5, 5.41) is 7.47. The number of aromatic nitrogens is 2. The number of hydrogen-bond acceptors (Lipinski definition) is 5. The van der Waals surface area contributed by atoms with Crippen LogP contribution in [0.4, 0.5) is 5.13 Å². The first-order valence-corrected chi connectivity index (χ1v) is 11.7. The quantitative estimate of drug-likeness (QED) is 0.292. The van der Waals surface area contributed by atoms with Gasteiger partial charge in [0.2, 0.25) is 0 Å². The van der Waals surface area contributed by atoms with Gasteiger partial charge in [-0.25, -0.2) is 4.98 Å². The van der Waals surface area contributed by atoms with Crippen LogP contribution in [0.5, 0.6) is 11.5 Å². The number of anilines is 1. The van der Waals surface area contributed by atoms with Crippen LogP contribution in [0.1, 0.15) is 11.1 Å². The second-order valence-corrected chi connectivity index (χ2v) is 8.62. The molecular formula is C27H25N3O2S. The minimum absolute atomic E-state index is 0.740. The summed E-state index contributed by atoms with van der Waals surface area (Å²) >= 11 is 1.61. The molecule has 0 fully saturated rings. The lowest BCUT2D eigenvalue weighted by molar-refractivity contribution is 0.398. The molecule has 5 rings (SSSR count). The van der Waals surface area contributed by atoms with Crippen LogP contribution in [-0.2, 0) is 13.1 Å². The number of hydrogen-bond donors (Lipinski definition) is 1. The fourth-order valence-electron chi connectivity index (χ4n) is 4.00. The minimum atomic E-state index is 0.740. The van der Waals surface area contributed by atoms with Gasteiger partial charge in [0.25, 0.3) is 0 Å². The Morgan fingerprint density at radius 1 is 0.909 bits per heavy atom. The van der Waals surface area contributed by atoms with Crippen molar-refractivity contribution in [2.45, 2.75) is 13.1 Å². The monoisotopic (exact) mass is 455 g/mol. The molecule has 0 aliphatic carbocycles. The van der Waals surface area contributed by atoms with E-state index < -0.39 is 0 Å². The molecule has 0 amide bonds. The molecule has 6 heteroatoms. The van der Waals surface area contributed by atoms with Crippen molar-refractivity contribution in [3.63, 3.8) is 0 Å². The van der Waals surface area contributed by atoms with Crippen LogP contribution in [0.3, 0.4) is 0 Å². The maximum atomic E-state index is 5.77. The van der Waals surface area contributed by atoms with Gasteiger partial charge in [0.1, 0.15) is 11.5 Å². The number of nitrogens with zero attached hydrogens (tertiary/aromatic N) is 2. The molecule has 5 nitrogen and oxygen atoms in total. The van der Waals surface area contributed by atoms with Crippen LogP contribution in [0.25, 0.3) is 22.2 Å². The third-order valence-corrected chi connectivity index (χ3v) is 6.44. The smallest absolute Gasteiger partial charge is 0.183 e. The second-order valence-electron chi connectivity index (χ2n) is 7.76. The molecule has 33 heavy (non-hydrogen) atoms. The fraction of sp³-hybridized carbons (Fsp3) is 0.148. The van der Waals surface area contributed by atoms with Crippen LogP contribution in [0.2, 0.25) is 0 Å². The number of thiazole rings is 1. The highest BCUT2D eigenvalue weighted by Gasteiger charge is 2.19. The largest absolute Gasteiger partial charge is 0.497 e. The molecule has 166 valence electrons. The van der Waals surface area contributed by atoms with Crippen LogP contribution in [-0.4, -0.2) is 23.8 Å². The van der Waals surface area contributed by atoms with E-state index in [-0.39, 0.29) is 0 Å². The van der Waals surface area contributed by atoms with E-state index in [2.05, 4.69) is 63.9 Å². The van der Waals surface area contributed by atoms with E-state index in [0.717, 1.165) is 51.9 Å². The summed E-state index contributed by atoms with van der Waals surface area (Å²) in [6, 6.07) is 24.8. The summed E-state index contributed by atoms with van der Waals surface area (Å²) in [7, 11) is 3.37. The average Bonchev–Trinajstić information content (AvgIpc) is 3.48. The van der Waals surface area contributed by atoms with Crippen molar-refractivity contribution in [3.05, 3.63) is 95.5 Å². The summed E-state index contributed by atoms with van der Waals surface area (Å²) in [5.41, 5.74) is 5.48. The number of methoxy groups -OCH3 is 2. The lowest BCUT2D eigenvalue weighted by Gasteiger charge is -2.10. The zero-order chi connectivity index (χ0) is 22.6. The molecule has 0 bridgehead atoms. The first-order chi connectivity index (χ1) is 16.2. The SMILES string of the molecule is COc1cc(OC)c2c(-c3csc(NCc4ccccc4)n3)cn(Cc3ccccc3)c2c1. The van der Waals surface area contributed by atoms with E-state index in [1.807, 2.05) is 30.3 Å². The topological polar surface area (TPSA) is 48.3 Å². The predicted octanol–water partition coefficient (Wildman–Crippen LogP) is 6.44. The lowest BCUT2D eigenvalue weighted by Crippen LogP contribution is -1.98. The Hall–Kier alpha value is -3.77. The summed E-state index contributed by atoms with van der Waals surface area (Å²) < 4.78 is 13.6. The molecule has 0 saturated heterocycles. The zero-order valence-electron chi connectivity index (χ0n) is 18.6. The Morgan fingerprint density at radius 3 is 2.33 bits per heavy atom. The molecule has 3 aromatic carbocycles. The third kappa shape index (κ3) is 4.43. The Kier molecular flexibility index (Phi) is 6.00. The Balaban J connectivity index is 1.54. The fourth-order valence-corrected chi connectivity index (χ4v) is 4.71. The third-order valence-electron chi connectivity index (χ3n) is 5.64. The van der Waals surface area contributed by atoms with Gasteiger partial charge in [0, 0.05) is 42.4 Å². The van der Waals surface area contributed by atoms with Crippen LogP contribution >= 0.6 is 11.3 Å². The van der Waals surface area contributed by atoms with E-state index >= 15 is 0 Å². The summed E-state index contributed by atoms with van der Waals surface area (Å²) in [6.45, 7) is 1.49. The molecule has 2 heterocycles. The van der Waals surface area contributed by atoms with E-state index in [1.54, 1.807) is 25.6 Å². The molecule has 0 spiro atoms. The Labute approximate surface area is 197 Å². The highest BCUT2D eigenvalue weighted by molar-refractivity contribution is 7.14. The molecule has 0 aliphatic heterocycles. The van der Waals surface area contributed by atoms with Gasteiger partial charge in [-0.15, -0.1) is 11.3 Å². The maximum absolute atomic E-state index is 5.77. The summed E-state index contributed by atoms with van der Waals surface area (Å²) in [5.74, 6) is 1.54. The van der Waals surface area contributed by atoms with Crippen molar-refractivity contribution < 1.29 is 9.47 Å². The van der Waals surface area contributed by atoms with Gasteiger partial charge in [-0.05, 0) is 11.1 Å². The first-order valence-electron chi connectivity index (χ1n) is 10.8. The molecule has 0 atom stereocenters. The van der Waals surface area contributed by atoms with Crippen molar-refractivity contribution in [3.8, 4) is 22.8 Å². The van der Waals surface area contributed by atoms with Crippen LogP contribution in [0, 0.1) is 0 Å². The first kappa shape index (κ1) is 21.1. The molecule has 0 unspecified atom stereocenters. The predicted molar refractivity (Wildman–Crippen MR) is 135 cm³/mol. The zero-order valence-corrected chi connectivity index (χ0v) is 19.4. The van der Waals surface area contributed by atoms with Crippen molar-refractivity contribution in [1.82, 2.24) is 9.55 Å². The summed E-state index contributed by atoms with van der Waals surface area (Å²) in [4.78, 5) is 4.89. The standard InChI is InChI=1S/C27H25N3O2S/c1-31-21-13-24-26(25(14-21)32-2)22(17-30(24)16-20-11-7-4-8-12-20)23-18-33-27(29-23)28-15-19-9-5-3-6-10-19/h3-14,17-18H,15-16H2,1-2H3,(H,28,29). The number of benzene rings is 3. The normalized spacial score (nSPS) is 11.0. The number of rotatable bonds is 8. The van der Waals surface area contributed by atoms with Gasteiger partial charge in [-0.3, -0.25) is 0 Å². The lowest BCUT2D eigenvalue weighted by atomic mass is 10.1. The van der Waals surface area contributed by atoms with Gasteiger partial charge < -0.3 is 19.4 Å². The van der Waals surface area contributed by atoms with Crippen molar-refractivity contribution in [2.24, 2.45) is 0 Å². The van der Waals surface area contributed by atoms with Crippen molar-refractivity contribution >= 4 is 27.4 Å². The van der Waals surface area contributed by atoms with Crippen molar-refractivity contribution in [2.75, 3.05) is 19.5 Å². The molecule has 0 saturated carbocycles. The van der Waals surface area contributed by atoms with E-state index in [1.165, 1.54) is 11.1 Å². The van der Waals surface area contributed by atoms with Crippen LogP contribution < -0.4 is 14.8 Å². The number of ether oxygens (including phenoxy) is 2. The van der Waals surface area contributed by atoms with Gasteiger partial charge in [0.05, 0.1) is 30.8 Å². The molecule has 1 N–H and O–H groups in total. The van der Waals surface area contributed by atoms with Gasteiger partial charge in [-0.2, -0.15) is 0 Å². The molecular weight excluding hydrogens is 430 g/mol. The van der Waals surface area contributed by atoms with Gasteiger partial charge in [-0.1, -0.05) is 60.7 Å².